The average molecular weight is 437 g/mol. The maximum Gasteiger partial charge on any atom is 0.282 e. The van der Waals surface area contributed by atoms with Gasteiger partial charge in [-0.1, -0.05) is 18.2 Å². The third kappa shape index (κ3) is 3.60. The van der Waals surface area contributed by atoms with E-state index in [1.54, 1.807) is 23.9 Å². The molecule has 32 heavy (non-hydrogen) atoms. The number of nitro groups is 1. The molecule has 0 aliphatic carbocycles. The Morgan fingerprint density at radius 1 is 1.22 bits per heavy atom. The van der Waals surface area contributed by atoms with Crippen molar-refractivity contribution in [1.29, 1.82) is 0 Å². The topological polar surface area (TPSA) is 127 Å². The van der Waals surface area contributed by atoms with Crippen LogP contribution < -0.4 is 5.32 Å². The zero-order valence-electron chi connectivity index (χ0n) is 16.7. The lowest BCUT2D eigenvalue weighted by atomic mass is 10.1. The summed E-state index contributed by atoms with van der Waals surface area (Å²) in [5.74, 6) is -2.56. The zero-order valence-corrected chi connectivity index (χ0v) is 16.7. The number of carbonyl (C=O) groups is 3. The number of rotatable bonds is 6. The van der Waals surface area contributed by atoms with Gasteiger partial charge in [0.1, 0.15) is 29.8 Å². The van der Waals surface area contributed by atoms with Crippen molar-refractivity contribution in [2.75, 3.05) is 6.54 Å². The minimum atomic E-state index is -0.924. The second-order valence-corrected chi connectivity index (χ2v) is 7.11. The molecule has 1 N–H and O–H groups in total. The van der Waals surface area contributed by atoms with Gasteiger partial charge in [-0.3, -0.25) is 29.4 Å². The highest BCUT2D eigenvalue weighted by atomic mass is 19.1. The van der Waals surface area contributed by atoms with Gasteiger partial charge in [-0.25, -0.2) is 9.37 Å². The fourth-order valence-corrected chi connectivity index (χ4v) is 3.60. The number of halogens is 1. The van der Waals surface area contributed by atoms with E-state index in [2.05, 4.69) is 10.3 Å². The van der Waals surface area contributed by atoms with Gasteiger partial charge in [0.05, 0.1) is 10.5 Å². The molecule has 0 radical (unpaired) electrons. The van der Waals surface area contributed by atoms with Crippen molar-refractivity contribution in [3.8, 4) is 0 Å². The minimum Gasteiger partial charge on any atom is -0.341 e. The molecule has 0 saturated carbocycles. The Kier molecular flexibility index (Phi) is 5.23. The molecule has 10 nitrogen and oxygen atoms in total. The molecule has 0 saturated heterocycles. The van der Waals surface area contributed by atoms with Gasteiger partial charge in [-0.05, 0) is 23.8 Å². The number of aryl methyl sites for hydroxylation is 1. The van der Waals surface area contributed by atoms with Gasteiger partial charge < -0.3 is 9.88 Å². The van der Waals surface area contributed by atoms with E-state index in [0.29, 0.717) is 16.3 Å². The second kappa shape index (κ2) is 8.02. The molecular weight excluding hydrogens is 421 g/mol. The second-order valence-electron chi connectivity index (χ2n) is 7.11. The largest absolute Gasteiger partial charge is 0.341 e. The molecular formula is C21H16FN5O5. The Hall–Kier alpha value is -4.41. The molecule has 1 atom stereocenters. The number of hydrogen-bond donors (Lipinski definition) is 1. The first-order chi connectivity index (χ1) is 15.3. The lowest BCUT2D eigenvalue weighted by Crippen LogP contribution is -2.42. The fraction of sp³-hybridized carbons (Fsp3) is 0.143. The predicted molar refractivity (Wildman–Crippen MR) is 108 cm³/mol. The van der Waals surface area contributed by atoms with Crippen LogP contribution in [0.15, 0.2) is 54.9 Å². The molecule has 2 aromatic carbocycles. The standard InChI is InChI=1S/C21H16FN5O5/c1-25-9-8-23-19(25)18(12-4-2-5-13(22)10-12)24-16(28)11-26-20(29)14-6-3-7-15(27(31)32)17(14)21(26)30/h2-10,18H,11H2,1H3,(H,24,28). The monoisotopic (exact) mass is 437 g/mol. The Morgan fingerprint density at radius 3 is 2.62 bits per heavy atom. The van der Waals surface area contributed by atoms with Gasteiger partial charge in [0.15, 0.2) is 0 Å². The van der Waals surface area contributed by atoms with E-state index in [0.717, 1.165) is 6.07 Å². The normalized spacial score (nSPS) is 13.8. The Bertz CT molecular complexity index is 1270. The summed E-state index contributed by atoms with van der Waals surface area (Å²) in [5.41, 5.74) is -0.580. The third-order valence-corrected chi connectivity index (χ3v) is 5.08. The van der Waals surface area contributed by atoms with Crippen LogP contribution in [0.3, 0.4) is 0 Å². The predicted octanol–water partition coefficient (Wildman–Crippen LogP) is 1.97. The number of hydrogen-bond acceptors (Lipinski definition) is 6. The number of imide groups is 1. The van der Waals surface area contributed by atoms with E-state index in [9.17, 15) is 28.9 Å². The molecule has 1 aliphatic rings. The van der Waals surface area contributed by atoms with Gasteiger partial charge in [0.2, 0.25) is 5.91 Å². The van der Waals surface area contributed by atoms with Crippen LogP contribution in [0.5, 0.6) is 0 Å². The molecule has 3 amide bonds. The number of carbonyl (C=O) groups excluding carboxylic acids is 3. The Morgan fingerprint density at radius 2 is 1.97 bits per heavy atom. The Balaban J connectivity index is 1.60. The highest BCUT2D eigenvalue weighted by Gasteiger charge is 2.42. The SMILES string of the molecule is Cn1ccnc1C(NC(=O)CN1C(=O)c2cccc([N+](=O)[O-])c2C1=O)c1cccc(F)c1. The molecule has 162 valence electrons. The summed E-state index contributed by atoms with van der Waals surface area (Å²) in [6.45, 7) is -0.667. The van der Waals surface area contributed by atoms with Gasteiger partial charge in [0.25, 0.3) is 17.5 Å². The number of benzene rings is 2. The van der Waals surface area contributed by atoms with E-state index in [1.807, 2.05) is 0 Å². The summed E-state index contributed by atoms with van der Waals surface area (Å²) < 4.78 is 15.4. The molecule has 11 heteroatoms. The lowest BCUT2D eigenvalue weighted by Gasteiger charge is -2.21. The molecule has 0 spiro atoms. The number of nitrogens with zero attached hydrogens (tertiary/aromatic N) is 4. The highest BCUT2D eigenvalue weighted by molar-refractivity contribution is 6.24. The lowest BCUT2D eigenvalue weighted by molar-refractivity contribution is -0.385. The number of nitrogens with one attached hydrogen (secondary N) is 1. The number of fused-ring (bicyclic) bond motifs is 1. The van der Waals surface area contributed by atoms with Crippen LogP contribution in [0.25, 0.3) is 0 Å². The quantitative estimate of drug-likeness (QED) is 0.357. The van der Waals surface area contributed by atoms with Crippen LogP contribution in [0.2, 0.25) is 0 Å². The molecule has 1 aliphatic heterocycles. The van der Waals surface area contributed by atoms with Crippen molar-refractivity contribution in [3.63, 3.8) is 0 Å². The third-order valence-electron chi connectivity index (χ3n) is 5.08. The molecule has 4 rings (SSSR count). The smallest absolute Gasteiger partial charge is 0.282 e. The van der Waals surface area contributed by atoms with Gasteiger partial charge >= 0.3 is 0 Å². The van der Waals surface area contributed by atoms with Crippen LogP contribution in [-0.4, -0.2) is 43.6 Å². The molecule has 1 aromatic heterocycles. The first-order valence-electron chi connectivity index (χ1n) is 9.43. The molecule has 0 fully saturated rings. The van der Waals surface area contributed by atoms with E-state index < -0.39 is 46.7 Å². The zero-order chi connectivity index (χ0) is 23.0. The van der Waals surface area contributed by atoms with Crippen LogP contribution >= 0.6 is 0 Å². The molecule has 2 heterocycles. The number of aromatic nitrogens is 2. The average Bonchev–Trinajstić information content (AvgIpc) is 3.28. The van der Waals surface area contributed by atoms with Crippen LogP contribution in [-0.2, 0) is 11.8 Å². The number of amides is 3. The summed E-state index contributed by atoms with van der Waals surface area (Å²) in [4.78, 5) is 53.5. The van der Waals surface area contributed by atoms with E-state index >= 15 is 0 Å². The highest BCUT2D eigenvalue weighted by Crippen LogP contribution is 2.30. The number of imidazole rings is 1. The molecule has 1 unspecified atom stereocenters. The van der Waals surface area contributed by atoms with Crippen molar-refractivity contribution in [1.82, 2.24) is 19.8 Å². The summed E-state index contributed by atoms with van der Waals surface area (Å²) in [6, 6.07) is 8.44. The van der Waals surface area contributed by atoms with Crippen LogP contribution in [0.4, 0.5) is 10.1 Å². The van der Waals surface area contributed by atoms with Gasteiger partial charge in [-0.15, -0.1) is 0 Å². The van der Waals surface area contributed by atoms with Crippen molar-refractivity contribution < 1.29 is 23.7 Å². The van der Waals surface area contributed by atoms with E-state index in [1.165, 1.54) is 36.5 Å². The van der Waals surface area contributed by atoms with Crippen LogP contribution in [0, 0.1) is 15.9 Å². The summed E-state index contributed by atoms with van der Waals surface area (Å²) in [5, 5.41) is 13.9. The van der Waals surface area contributed by atoms with Crippen molar-refractivity contribution >= 4 is 23.4 Å². The molecule has 0 bridgehead atoms. The first-order valence-corrected chi connectivity index (χ1v) is 9.43. The van der Waals surface area contributed by atoms with Crippen LogP contribution in [0.1, 0.15) is 38.1 Å². The van der Waals surface area contributed by atoms with Crippen molar-refractivity contribution in [3.05, 3.63) is 93.3 Å². The summed E-state index contributed by atoms with van der Waals surface area (Å²) >= 11 is 0. The number of nitro benzene ring substituents is 1. The van der Waals surface area contributed by atoms with E-state index in [-0.39, 0.29) is 11.1 Å². The molecule has 3 aromatic rings. The summed E-state index contributed by atoms with van der Waals surface area (Å²) in [6.07, 6.45) is 3.16. The minimum absolute atomic E-state index is 0.136. The maximum absolute atomic E-state index is 13.8. The fourth-order valence-electron chi connectivity index (χ4n) is 3.60. The van der Waals surface area contributed by atoms with Crippen molar-refractivity contribution in [2.24, 2.45) is 7.05 Å². The maximum atomic E-state index is 13.8. The Labute approximate surface area is 180 Å². The van der Waals surface area contributed by atoms with Gasteiger partial charge in [0, 0.05) is 25.5 Å². The van der Waals surface area contributed by atoms with Crippen molar-refractivity contribution in [2.45, 2.75) is 6.04 Å². The van der Waals surface area contributed by atoms with Gasteiger partial charge in [-0.2, -0.15) is 0 Å². The van der Waals surface area contributed by atoms with E-state index in [4.69, 9.17) is 0 Å². The summed E-state index contributed by atoms with van der Waals surface area (Å²) in [7, 11) is 1.70. The first kappa shape index (κ1) is 20.8.